The summed E-state index contributed by atoms with van der Waals surface area (Å²) in [6, 6.07) is 10.8. The molecule has 0 aliphatic carbocycles. The molecule has 1 fully saturated rings. The van der Waals surface area contributed by atoms with E-state index in [1.54, 1.807) is 61.7 Å². The van der Waals surface area contributed by atoms with Crippen molar-refractivity contribution in [2.75, 3.05) is 20.8 Å². The minimum atomic E-state index is -1.38. The molecule has 1 aromatic heterocycles. The molecule has 1 saturated heterocycles. The first-order valence-corrected chi connectivity index (χ1v) is 11.4. The number of Topliss-reactive ketones (excluding diaryl/α,β-unsaturated/α-hetero) is 1. The standard InChI is InChI=1S/C27H28FN3O5/c1-15-7-9-19(13-21(15)28)31-16(2)11-20(17(31)3)22(32)14-30-25(33)27(4,29-26(30)34)18-8-10-23(35-5)24(12-18)36-6/h7-13H,14H2,1-6H3,(H,29,34). The minimum absolute atomic E-state index is 0.346. The SMILES string of the molecule is COc1ccc(C2(C)NC(=O)N(CC(=O)c3cc(C)n(-c4ccc(C)c(F)c4)c3C)C2=O)cc1OC. The zero-order valence-electron chi connectivity index (χ0n) is 21.1. The number of carbonyl (C=O) groups is 3. The predicted molar refractivity (Wildman–Crippen MR) is 131 cm³/mol. The van der Waals surface area contributed by atoms with Crippen molar-refractivity contribution in [3.8, 4) is 17.2 Å². The normalized spacial score (nSPS) is 17.4. The molecule has 0 radical (unpaired) electrons. The van der Waals surface area contributed by atoms with Crippen LogP contribution in [-0.4, -0.2) is 48.0 Å². The van der Waals surface area contributed by atoms with E-state index in [-0.39, 0.29) is 5.82 Å². The number of hydrogen-bond acceptors (Lipinski definition) is 5. The highest BCUT2D eigenvalue weighted by Crippen LogP contribution is 2.35. The molecule has 8 nitrogen and oxygen atoms in total. The summed E-state index contributed by atoms with van der Waals surface area (Å²) < 4.78 is 26.5. The maximum Gasteiger partial charge on any atom is 0.325 e. The van der Waals surface area contributed by atoms with E-state index < -0.39 is 29.8 Å². The first-order chi connectivity index (χ1) is 17.0. The molecule has 1 aliphatic rings. The Morgan fingerprint density at radius 1 is 1.00 bits per heavy atom. The summed E-state index contributed by atoms with van der Waals surface area (Å²) in [4.78, 5) is 40.4. The van der Waals surface area contributed by atoms with Crippen LogP contribution in [0.25, 0.3) is 5.69 Å². The number of urea groups is 1. The lowest BCUT2D eigenvalue weighted by Crippen LogP contribution is -2.41. The van der Waals surface area contributed by atoms with Gasteiger partial charge in [0, 0.05) is 22.6 Å². The van der Waals surface area contributed by atoms with Gasteiger partial charge >= 0.3 is 6.03 Å². The van der Waals surface area contributed by atoms with Gasteiger partial charge in [0.1, 0.15) is 11.4 Å². The van der Waals surface area contributed by atoms with E-state index in [2.05, 4.69) is 5.32 Å². The highest BCUT2D eigenvalue weighted by atomic mass is 19.1. The van der Waals surface area contributed by atoms with Crippen molar-refractivity contribution in [1.82, 2.24) is 14.8 Å². The fourth-order valence-electron chi connectivity index (χ4n) is 4.58. The summed E-state index contributed by atoms with van der Waals surface area (Å²) in [6.45, 7) is 6.38. The second kappa shape index (κ2) is 9.14. The molecule has 0 saturated carbocycles. The van der Waals surface area contributed by atoms with Crippen LogP contribution >= 0.6 is 0 Å². The van der Waals surface area contributed by atoms with E-state index in [0.29, 0.717) is 39.6 Å². The number of carbonyl (C=O) groups excluding carboxylic acids is 3. The Labute approximate surface area is 208 Å². The molecular formula is C27H28FN3O5. The number of benzene rings is 2. The lowest BCUT2D eigenvalue weighted by molar-refractivity contribution is -0.130. The number of imide groups is 1. The predicted octanol–water partition coefficient (Wildman–Crippen LogP) is 4.21. The Balaban J connectivity index is 1.61. The molecule has 3 aromatic rings. The highest BCUT2D eigenvalue weighted by molar-refractivity contribution is 6.11. The maximum atomic E-state index is 14.2. The van der Waals surface area contributed by atoms with Gasteiger partial charge in [0.2, 0.25) is 0 Å². The average molecular weight is 494 g/mol. The van der Waals surface area contributed by atoms with Gasteiger partial charge in [0.25, 0.3) is 5.91 Å². The number of ether oxygens (including phenoxy) is 2. The van der Waals surface area contributed by atoms with Gasteiger partial charge in [-0.3, -0.25) is 14.5 Å². The lowest BCUT2D eigenvalue weighted by atomic mass is 9.91. The topological polar surface area (TPSA) is 89.9 Å². The van der Waals surface area contributed by atoms with E-state index in [9.17, 15) is 18.8 Å². The summed E-state index contributed by atoms with van der Waals surface area (Å²) >= 11 is 0. The molecule has 1 N–H and O–H groups in total. The first kappa shape index (κ1) is 25.0. The molecular weight excluding hydrogens is 465 g/mol. The van der Waals surface area contributed by atoms with Gasteiger partial charge in [-0.15, -0.1) is 0 Å². The zero-order chi connectivity index (χ0) is 26.4. The fourth-order valence-corrected chi connectivity index (χ4v) is 4.58. The summed E-state index contributed by atoms with van der Waals surface area (Å²) in [6.07, 6.45) is 0. The fraction of sp³-hybridized carbons (Fsp3) is 0.296. The molecule has 1 aliphatic heterocycles. The number of halogens is 1. The van der Waals surface area contributed by atoms with Gasteiger partial charge in [-0.1, -0.05) is 12.1 Å². The number of amides is 3. The smallest absolute Gasteiger partial charge is 0.325 e. The number of aryl methyl sites for hydroxylation is 2. The summed E-state index contributed by atoms with van der Waals surface area (Å²) in [5.41, 5.74) is 1.90. The van der Waals surface area contributed by atoms with E-state index in [1.807, 2.05) is 6.92 Å². The molecule has 0 spiro atoms. The molecule has 2 heterocycles. The average Bonchev–Trinajstić information content (AvgIpc) is 3.27. The van der Waals surface area contributed by atoms with Crippen LogP contribution in [0.15, 0.2) is 42.5 Å². The lowest BCUT2D eigenvalue weighted by Gasteiger charge is -2.23. The minimum Gasteiger partial charge on any atom is -0.493 e. The van der Waals surface area contributed by atoms with Crippen LogP contribution < -0.4 is 14.8 Å². The molecule has 4 rings (SSSR count). The number of aromatic nitrogens is 1. The summed E-state index contributed by atoms with van der Waals surface area (Å²) in [5, 5.41) is 2.70. The Kier molecular flexibility index (Phi) is 6.34. The third kappa shape index (κ3) is 4.00. The molecule has 0 bridgehead atoms. The third-order valence-corrected chi connectivity index (χ3v) is 6.68. The summed E-state index contributed by atoms with van der Waals surface area (Å²) in [7, 11) is 2.98. The van der Waals surface area contributed by atoms with Crippen LogP contribution in [0.2, 0.25) is 0 Å². The number of hydrogen-bond donors (Lipinski definition) is 1. The van der Waals surface area contributed by atoms with E-state index >= 15 is 0 Å². The largest absolute Gasteiger partial charge is 0.493 e. The van der Waals surface area contributed by atoms with Crippen molar-refractivity contribution in [3.63, 3.8) is 0 Å². The number of rotatable bonds is 7. The van der Waals surface area contributed by atoms with Crippen LogP contribution in [0.4, 0.5) is 9.18 Å². The van der Waals surface area contributed by atoms with Crippen LogP contribution in [0.1, 0.15) is 39.8 Å². The molecule has 9 heteroatoms. The van der Waals surface area contributed by atoms with Gasteiger partial charge in [-0.2, -0.15) is 0 Å². The van der Waals surface area contributed by atoms with E-state index in [0.717, 1.165) is 10.6 Å². The van der Waals surface area contributed by atoms with Crippen LogP contribution in [0, 0.1) is 26.6 Å². The number of ketones is 1. The van der Waals surface area contributed by atoms with Crippen molar-refractivity contribution in [1.29, 1.82) is 0 Å². The molecule has 1 unspecified atom stereocenters. The second-order valence-electron chi connectivity index (χ2n) is 8.99. The van der Waals surface area contributed by atoms with Crippen molar-refractivity contribution in [3.05, 3.63) is 76.4 Å². The van der Waals surface area contributed by atoms with Crippen LogP contribution in [-0.2, 0) is 10.3 Å². The zero-order valence-corrected chi connectivity index (χ0v) is 21.1. The third-order valence-electron chi connectivity index (χ3n) is 6.68. The Morgan fingerprint density at radius 2 is 1.69 bits per heavy atom. The monoisotopic (exact) mass is 493 g/mol. The first-order valence-electron chi connectivity index (χ1n) is 11.4. The van der Waals surface area contributed by atoms with Gasteiger partial charge in [-0.05, 0) is 69.2 Å². The van der Waals surface area contributed by atoms with Crippen molar-refractivity contribution < 1.29 is 28.2 Å². The molecule has 188 valence electrons. The molecule has 36 heavy (non-hydrogen) atoms. The summed E-state index contributed by atoms with van der Waals surface area (Å²) in [5.74, 6) is -0.406. The number of methoxy groups -OCH3 is 2. The maximum absolute atomic E-state index is 14.2. The van der Waals surface area contributed by atoms with E-state index in [1.165, 1.54) is 20.3 Å². The van der Waals surface area contributed by atoms with E-state index in [4.69, 9.17) is 9.47 Å². The molecule has 3 amide bonds. The molecule has 2 aromatic carbocycles. The highest BCUT2D eigenvalue weighted by Gasteiger charge is 2.50. The molecule has 1 atom stereocenters. The number of nitrogens with zero attached hydrogens (tertiary/aromatic N) is 2. The van der Waals surface area contributed by atoms with Crippen molar-refractivity contribution in [2.45, 2.75) is 33.2 Å². The Bertz CT molecular complexity index is 1400. The quantitative estimate of drug-likeness (QED) is 0.393. The van der Waals surface area contributed by atoms with Gasteiger partial charge in [0.15, 0.2) is 17.3 Å². The van der Waals surface area contributed by atoms with Crippen LogP contribution in [0.3, 0.4) is 0 Å². The van der Waals surface area contributed by atoms with Crippen LogP contribution in [0.5, 0.6) is 11.5 Å². The van der Waals surface area contributed by atoms with Gasteiger partial charge in [0.05, 0.1) is 20.8 Å². The van der Waals surface area contributed by atoms with Crippen molar-refractivity contribution >= 4 is 17.7 Å². The number of nitrogens with one attached hydrogen (secondary N) is 1. The van der Waals surface area contributed by atoms with Gasteiger partial charge in [-0.25, -0.2) is 9.18 Å². The Morgan fingerprint density at radius 3 is 2.33 bits per heavy atom. The second-order valence-corrected chi connectivity index (χ2v) is 8.99. The van der Waals surface area contributed by atoms with Crippen molar-refractivity contribution in [2.24, 2.45) is 0 Å². The van der Waals surface area contributed by atoms with Gasteiger partial charge < -0.3 is 19.4 Å². The Hall–Kier alpha value is -4.14.